The first kappa shape index (κ1) is 9.58. The maximum Gasteiger partial charge on any atom is 0.268 e. The number of nitrogens with one attached hydrogen (secondary N) is 1. The summed E-state index contributed by atoms with van der Waals surface area (Å²) in [6.45, 7) is 2.55. The lowest BCUT2D eigenvalue weighted by Gasteiger charge is -2.02. The van der Waals surface area contributed by atoms with Crippen LogP contribution in [0.1, 0.15) is 11.1 Å². The fourth-order valence-corrected chi connectivity index (χ4v) is 1.45. The average molecular weight is 203 g/mol. The number of aromatic amines is 1. The number of aromatic nitrogens is 2. The van der Waals surface area contributed by atoms with Gasteiger partial charge in [-0.2, -0.15) is 0 Å². The van der Waals surface area contributed by atoms with Crippen LogP contribution in [0.25, 0.3) is 0 Å². The van der Waals surface area contributed by atoms with Gasteiger partial charge >= 0.3 is 0 Å². The van der Waals surface area contributed by atoms with Crippen molar-refractivity contribution in [1.29, 1.82) is 0 Å². The van der Waals surface area contributed by atoms with Crippen LogP contribution in [-0.2, 0) is 6.54 Å². The average Bonchev–Trinajstić information content (AvgIpc) is 2.49. The van der Waals surface area contributed by atoms with Gasteiger partial charge in [0, 0.05) is 6.07 Å². The Morgan fingerprint density at radius 2 is 2.00 bits per heavy atom. The predicted molar refractivity (Wildman–Crippen MR) is 59.7 cm³/mol. The highest BCUT2D eigenvalue weighted by molar-refractivity contribution is 5.25. The number of aryl methyl sites for hydroxylation is 1. The molecule has 2 aromatic rings. The second-order valence-corrected chi connectivity index (χ2v) is 3.62. The van der Waals surface area contributed by atoms with Crippen LogP contribution in [0.5, 0.6) is 0 Å². The molecule has 15 heavy (non-hydrogen) atoms. The van der Waals surface area contributed by atoms with Crippen LogP contribution in [-0.4, -0.2) is 9.78 Å². The van der Waals surface area contributed by atoms with E-state index in [0.717, 1.165) is 5.56 Å². The summed E-state index contributed by atoms with van der Waals surface area (Å²) in [5, 5.41) is 2.79. The van der Waals surface area contributed by atoms with Crippen molar-refractivity contribution >= 4 is 5.82 Å². The van der Waals surface area contributed by atoms with Crippen molar-refractivity contribution in [3.8, 4) is 0 Å². The van der Waals surface area contributed by atoms with Gasteiger partial charge in [0.15, 0.2) is 0 Å². The van der Waals surface area contributed by atoms with Gasteiger partial charge in [-0.05, 0) is 12.5 Å². The van der Waals surface area contributed by atoms with Gasteiger partial charge in [-0.3, -0.25) is 9.89 Å². The molecule has 1 heterocycles. The smallest absolute Gasteiger partial charge is 0.268 e. The number of anilines is 1. The standard InChI is InChI=1S/C11H13N3O/c1-8-2-4-9(5-3-8)7-14-11(15)6-10(12)13-14/h2-6,13H,7,12H2,1H3. The molecule has 0 unspecified atom stereocenters. The summed E-state index contributed by atoms with van der Waals surface area (Å²) in [4.78, 5) is 11.4. The third-order valence-corrected chi connectivity index (χ3v) is 2.27. The Balaban J connectivity index is 2.25. The topological polar surface area (TPSA) is 63.8 Å². The molecule has 1 aromatic heterocycles. The third-order valence-electron chi connectivity index (χ3n) is 2.27. The molecule has 78 valence electrons. The second kappa shape index (κ2) is 3.65. The molecular weight excluding hydrogens is 190 g/mol. The molecule has 0 bridgehead atoms. The van der Waals surface area contributed by atoms with Crippen LogP contribution in [0.4, 0.5) is 5.82 Å². The van der Waals surface area contributed by atoms with Crippen molar-refractivity contribution in [3.63, 3.8) is 0 Å². The highest BCUT2D eigenvalue weighted by atomic mass is 16.1. The van der Waals surface area contributed by atoms with Crippen molar-refractivity contribution < 1.29 is 0 Å². The number of rotatable bonds is 2. The Morgan fingerprint density at radius 3 is 2.53 bits per heavy atom. The van der Waals surface area contributed by atoms with E-state index in [4.69, 9.17) is 5.73 Å². The molecule has 0 saturated heterocycles. The lowest BCUT2D eigenvalue weighted by Crippen LogP contribution is -2.16. The fraction of sp³-hybridized carbons (Fsp3) is 0.182. The molecule has 0 radical (unpaired) electrons. The SMILES string of the molecule is Cc1ccc(Cn2[nH]c(N)cc2=O)cc1. The van der Waals surface area contributed by atoms with Crippen molar-refractivity contribution in [2.75, 3.05) is 5.73 Å². The Bertz CT molecular complexity index is 507. The molecule has 0 spiro atoms. The normalized spacial score (nSPS) is 10.5. The third kappa shape index (κ3) is 2.10. The summed E-state index contributed by atoms with van der Waals surface area (Å²) in [7, 11) is 0. The monoisotopic (exact) mass is 203 g/mol. The summed E-state index contributed by atoms with van der Waals surface area (Å²) < 4.78 is 1.49. The van der Waals surface area contributed by atoms with E-state index in [1.165, 1.54) is 16.3 Å². The molecule has 4 nitrogen and oxygen atoms in total. The zero-order valence-electron chi connectivity index (χ0n) is 8.53. The van der Waals surface area contributed by atoms with E-state index in [2.05, 4.69) is 5.10 Å². The Hall–Kier alpha value is -1.97. The number of hydrogen-bond acceptors (Lipinski definition) is 2. The van der Waals surface area contributed by atoms with Gasteiger partial charge in [0.1, 0.15) is 5.82 Å². The van der Waals surface area contributed by atoms with Crippen LogP contribution >= 0.6 is 0 Å². The largest absolute Gasteiger partial charge is 0.384 e. The van der Waals surface area contributed by atoms with E-state index < -0.39 is 0 Å². The van der Waals surface area contributed by atoms with Crippen LogP contribution in [0.15, 0.2) is 35.1 Å². The van der Waals surface area contributed by atoms with E-state index in [9.17, 15) is 4.79 Å². The molecule has 0 aliphatic carbocycles. The minimum Gasteiger partial charge on any atom is -0.384 e. The highest BCUT2D eigenvalue weighted by Crippen LogP contribution is 2.04. The van der Waals surface area contributed by atoms with Gasteiger partial charge in [0.05, 0.1) is 6.54 Å². The zero-order valence-corrected chi connectivity index (χ0v) is 8.53. The molecule has 1 aromatic carbocycles. The predicted octanol–water partition coefficient (Wildman–Crippen LogP) is 1.12. The van der Waals surface area contributed by atoms with Gasteiger partial charge in [-0.1, -0.05) is 29.8 Å². The highest BCUT2D eigenvalue weighted by Gasteiger charge is 2.00. The molecule has 0 saturated carbocycles. The fourth-order valence-electron chi connectivity index (χ4n) is 1.45. The quantitative estimate of drug-likeness (QED) is 0.768. The molecule has 0 fully saturated rings. The van der Waals surface area contributed by atoms with Gasteiger partial charge in [0.2, 0.25) is 0 Å². The summed E-state index contributed by atoms with van der Waals surface area (Å²) >= 11 is 0. The first-order chi connectivity index (χ1) is 7.15. The van der Waals surface area contributed by atoms with Gasteiger partial charge in [-0.25, -0.2) is 4.68 Å². The summed E-state index contributed by atoms with van der Waals surface area (Å²) in [6.07, 6.45) is 0. The van der Waals surface area contributed by atoms with Crippen LogP contribution in [0, 0.1) is 6.92 Å². The lowest BCUT2D eigenvalue weighted by atomic mass is 10.1. The summed E-state index contributed by atoms with van der Waals surface area (Å²) in [6, 6.07) is 9.42. The first-order valence-corrected chi connectivity index (χ1v) is 4.76. The van der Waals surface area contributed by atoms with Crippen molar-refractivity contribution in [1.82, 2.24) is 9.78 Å². The van der Waals surface area contributed by atoms with Crippen molar-refractivity contribution in [3.05, 3.63) is 51.8 Å². The second-order valence-electron chi connectivity index (χ2n) is 3.62. The van der Waals surface area contributed by atoms with E-state index in [1.807, 2.05) is 31.2 Å². The van der Waals surface area contributed by atoms with E-state index in [-0.39, 0.29) is 5.56 Å². The van der Waals surface area contributed by atoms with Crippen LogP contribution in [0.3, 0.4) is 0 Å². The summed E-state index contributed by atoms with van der Waals surface area (Å²) in [5.74, 6) is 0.395. The van der Waals surface area contributed by atoms with Gasteiger partial charge in [-0.15, -0.1) is 0 Å². The first-order valence-electron chi connectivity index (χ1n) is 4.76. The number of nitrogens with zero attached hydrogens (tertiary/aromatic N) is 1. The number of hydrogen-bond donors (Lipinski definition) is 2. The van der Waals surface area contributed by atoms with Crippen molar-refractivity contribution in [2.45, 2.75) is 13.5 Å². The number of nitrogen functional groups attached to an aromatic ring is 1. The number of nitrogens with two attached hydrogens (primary N) is 1. The van der Waals surface area contributed by atoms with E-state index >= 15 is 0 Å². The zero-order chi connectivity index (χ0) is 10.8. The molecule has 4 heteroatoms. The van der Waals surface area contributed by atoms with Gasteiger partial charge < -0.3 is 5.73 Å². The Labute approximate surface area is 87.3 Å². The summed E-state index contributed by atoms with van der Waals surface area (Å²) in [5.41, 5.74) is 7.66. The van der Waals surface area contributed by atoms with E-state index in [1.54, 1.807) is 0 Å². The molecule has 0 aliphatic rings. The molecule has 3 N–H and O–H groups in total. The molecular formula is C11H13N3O. The molecule has 0 amide bonds. The number of benzene rings is 1. The molecule has 0 aliphatic heterocycles. The number of H-pyrrole nitrogens is 1. The minimum atomic E-state index is -0.104. The minimum absolute atomic E-state index is 0.104. The Morgan fingerprint density at radius 1 is 1.33 bits per heavy atom. The van der Waals surface area contributed by atoms with Gasteiger partial charge in [0.25, 0.3) is 5.56 Å². The van der Waals surface area contributed by atoms with Crippen molar-refractivity contribution in [2.24, 2.45) is 0 Å². The van der Waals surface area contributed by atoms with E-state index in [0.29, 0.717) is 12.4 Å². The Kier molecular flexibility index (Phi) is 2.33. The van der Waals surface area contributed by atoms with Crippen LogP contribution in [0.2, 0.25) is 0 Å². The maximum atomic E-state index is 11.4. The molecule has 2 rings (SSSR count). The molecule has 0 atom stereocenters. The lowest BCUT2D eigenvalue weighted by molar-refractivity contribution is 0.666. The maximum absolute atomic E-state index is 11.4. The van der Waals surface area contributed by atoms with Crippen LogP contribution < -0.4 is 11.3 Å².